The first-order valence-electron chi connectivity index (χ1n) is 10.7. The zero-order valence-electron chi connectivity index (χ0n) is 18.8. The molecule has 1 aromatic heterocycles. The van der Waals surface area contributed by atoms with Crippen LogP contribution >= 0.6 is 11.6 Å². The molecule has 1 aliphatic heterocycles. The van der Waals surface area contributed by atoms with Gasteiger partial charge in [0.1, 0.15) is 11.5 Å². The molecule has 8 heteroatoms. The first-order valence-corrected chi connectivity index (χ1v) is 11.0. The number of para-hydroxylation sites is 1. The number of ketones is 1. The molecule has 7 nitrogen and oxygen atoms in total. The molecule has 172 valence electrons. The van der Waals surface area contributed by atoms with Gasteiger partial charge in [-0.2, -0.15) is 0 Å². The third-order valence-electron chi connectivity index (χ3n) is 5.89. The predicted molar refractivity (Wildman–Crippen MR) is 128 cm³/mol. The lowest BCUT2D eigenvalue weighted by atomic mass is 9.95. The van der Waals surface area contributed by atoms with Crippen molar-refractivity contribution in [2.24, 2.45) is 0 Å². The maximum atomic E-state index is 13.2. The van der Waals surface area contributed by atoms with Crippen LogP contribution in [-0.4, -0.2) is 65.9 Å². The van der Waals surface area contributed by atoms with Crippen molar-refractivity contribution in [3.05, 3.63) is 70.4 Å². The number of H-pyrrole nitrogens is 1. The number of ether oxygens (including phenoxy) is 1. The van der Waals surface area contributed by atoms with E-state index in [9.17, 15) is 14.7 Å². The molecule has 2 heterocycles. The van der Waals surface area contributed by atoms with Gasteiger partial charge in [0.15, 0.2) is 0 Å². The van der Waals surface area contributed by atoms with Crippen LogP contribution in [0, 0.1) is 0 Å². The maximum Gasteiger partial charge on any atom is 0.295 e. The number of methoxy groups -OCH3 is 1. The van der Waals surface area contributed by atoms with Crippen molar-refractivity contribution in [3.63, 3.8) is 0 Å². The maximum absolute atomic E-state index is 13.2. The zero-order chi connectivity index (χ0) is 23.7. The molecule has 3 aromatic rings. The summed E-state index contributed by atoms with van der Waals surface area (Å²) in [6, 6.07) is 11.7. The van der Waals surface area contributed by atoms with Crippen LogP contribution in [0.4, 0.5) is 0 Å². The van der Waals surface area contributed by atoms with Gasteiger partial charge in [-0.1, -0.05) is 29.8 Å². The van der Waals surface area contributed by atoms with Gasteiger partial charge in [-0.15, -0.1) is 0 Å². The minimum Gasteiger partial charge on any atom is -0.507 e. The number of aliphatic hydroxyl groups is 1. The Balaban J connectivity index is 1.86. The number of carbonyl (C=O) groups excluding carboxylic acids is 2. The number of Topliss-reactive ketones (excluding diaryl/α,β-unsaturated/α-hetero) is 1. The minimum atomic E-state index is -0.718. The SMILES string of the molecule is COc1ccc(/C(O)=C2\C(=O)C(=O)N(CCCN(C)C)C2c2c[nH]c3ccccc23)cc1Cl. The lowest BCUT2D eigenvalue weighted by molar-refractivity contribution is -0.139. The van der Waals surface area contributed by atoms with Crippen molar-refractivity contribution in [3.8, 4) is 5.75 Å². The van der Waals surface area contributed by atoms with Crippen molar-refractivity contribution in [1.29, 1.82) is 0 Å². The molecule has 1 fully saturated rings. The number of likely N-dealkylation sites (tertiary alicyclic amines) is 1. The second-order valence-electron chi connectivity index (χ2n) is 8.29. The molecule has 4 rings (SSSR count). The van der Waals surface area contributed by atoms with E-state index in [0.29, 0.717) is 29.3 Å². The predicted octanol–water partition coefficient (Wildman–Crippen LogP) is 4.20. The fourth-order valence-corrected chi connectivity index (χ4v) is 4.54. The number of halogens is 1. The van der Waals surface area contributed by atoms with Crippen LogP contribution in [0.15, 0.2) is 54.2 Å². The van der Waals surface area contributed by atoms with Crippen LogP contribution in [-0.2, 0) is 9.59 Å². The third-order valence-corrected chi connectivity index (χ3v) is 6.18. The smallest absolute Gasteiger partial charge is 0.295 e. The van der Waals surface area contributed by atoms with Crippen molar-refractivity contribution in [2.75, 3.05) is 34.3 Å². The Morgan fingerprint density at radius 1 is 1.21 bits per heavy atom. The summed E-state index contributed by atoms with van der Waals surface area (Å²) in [5, 5.41) is 12.4. The van der Waals surface area contributed by atoms with Gasteiger partial charge in [0.05, 0.1) is 23.7 Å². The van der Waals surface area contributed by atoms with Crippen molar-refractivity contribution in [2.45, 2.75) is 12.5 Å². The molecular formula is C25H26ClN3O4. The summed E-state index contributed by atoms with van der Waals surface area (Å²) in [4.78, 5) is 33.1. The van der Waals surface area contributed by atoms with E-state index in [2.05, 4.69) is 4.98 Å². The van der Waals surface area contributed by atoms with Gasteiger partial charge < -0.3 is 24.6 Å². The molecule has 2 aromatic carbocycles. The van der Waals surface area contributed by atoms with Crippen molar-refractivity contribution < 1.29 is 19.4 Å². The number of hydrogen-bond donors (Lipinski definition) is 2. The topological polar surface area (TPSA) is 85.9 Å². The summed E-state index contributed by atoms with van der Waals surface area (Å²) in [7, 11) is 5.41. The van der Waals surface area contributed by atoms with E-state index in [-0.39, 0.29) is 11.3 Å². The highest BCUT2D eigenvalue weighted by atomic mass is 35.5. The number of benzene rings is 2. The number of aliphatic hydroxyl groups excluding tert-OH is 1. The van der Waals surface area contributed by atoms with Crippen molar-refractivity contribution in [1.82, 2.24) is 14.8 Å². The molecule has 0 radical (unpaired) electrons. The lowest BCUT2D eigenvalue weighted by Crippen LogP contribution is -2.32. The van der Waals surface area contributed by atoms with Crippen LogP contribution < -0.4 is 4.74 Å². The van der Waals surface area contributed by atoms with E-state index in [0.717, 1.165) is 23.0 Å². The normalized spacial score (nSPS) is 18.0. The Morgan fingerprint density at radius 3 is 2.67 bits per heavy atom. The zero-order valence-corrected chi connectivity index (χ0v) is 19.5. The van der Waals surface area contributed by atoms with Crippen LogP contribution in [0.25, 0.3) is 16.7 Å². The number of aromatic nitrogens is 1. The number of nitrogens with zero attached hydrogens (tertiary/aromatic N) is 2. The standard InChI is InChI=1S/C25H26ClN3O4/c1-28(2)11-6-12-29-22(17-14-27-19-8-5-4-7-16(17)19)21(24(31)25(29)32)23(30)15-9-10-20(33-3)18(26)13-15/h4-5,7-10,13-14,22,27,30H,6,11-12H2,1-3H3/b23-21+. The summed E-state index contributed by atoms with van der Waals surface area (Å²) >= 11 is 6.26. The largest absolute Gasteiger partial charge is 0.507 e. The highest BCUT2D eigenvalue weighted by molar-refractivity contribution is 6.46. The number of hydrogen-bond acceptors (Lipinski definition) is 5. The van der Waals surface area contributed by atoms with Gasteiger partial charge in [-0.05, 0) is 51.3 Å². The van der Waals surface area contributed by atoms with Crippen LogP contribution in [0.5, 0.6) is 5.75 Å². The highest BCUT2D eigenvalue weighted by Gasteiger charge is 2.46. The van der Waals surface area contributed by atoms with E-state index in [1.54, 1.807) is 23.2 Å². The summed E-state index contributed by atoms with van der Waals surface area (Å²) in [6.07, 6.45) is 2.49. The molecule has 0 saturated carbocycles. The van der Waals surface area contributed by atoms with Gasteiger partial charge in [0, 0.05) is 34.8 Å². The van der Waals surface area contributed by atoms with Gasteiger partial charge >= 0.3 is 0 Å². The Bertz CT molecular complexity index is 1250. The molecule has 0 spiro atoms. The van der Waals surface area contributed by atoms with E-state index in [4.69, 9.17) is 16.3 Å². The van der Waals surface area contributed by atoms with Crippen LogP contribution in [0.2, 0.25) is 5.02 Å². The molecule has 0 aliphatic carbocycles. The molecule has 1 saturated heterocycles. The number of fused-ring (bicyclic) bond motifs is 1. The summed E-state index contributed by atoms with van der Waals surface area (Å²) in [5.41, 5.74) is 2.04. The third kappa shape index (κ3) is 4.21. The second-order valence-corrected chi connectivity index (χ2v) is 8.70. The fourth-order valence-electron chi connectivity index (χ4n) is 4.28. The number of rotatable bonds is 7. The summed E-state index contributed by atoms with van der Waals surface area (Å²) in [5.74, 6) is -1.14. The Kier molecular flexibility index (Phi) is 6.44. The Morgan fingerprint density at radius 2 is 1.97 bits per heavy atom. The van der Waals surface area contributed by atoms with E-state index in [1.807, 2.05) is 43.3 Å². The molecule has 1 aliphatic rings. The van der Waals surface area contributed by atoms with Gasteiger partial charge in [-0.25, -0.2) is 0 Å². The molecule has 0 bridgehead atoms. The molecular weight excluding hydrogens is 442 g/mol. The summed E-state index contributed by atoms with van der Waals surface area (Å²) in [6.45, 7) is 1.14. The average molecular weight is 468 g/mol. The molecule has 33 heavy (non-hydrogen) atoms. The molecule has 2 N–H and O–H groups in total. The molecule has 1 amide bonds. The van der Waals surface area contributed by atoms with E-state index < -0.39 is 17.7 Å². The number of nitrogens with one attached hydrogen (secondary N) is 1. The first kappa shape index (κ1) is 22.9. The lowest BCUT2D eigenvalue weighted by Gasteiger charge is -2.25. The quantitative estimate of drug-likeness (QED) is 0.309. The minimum absolute atomic E-state index is 0.0517. The average Bonchev–Trinajstić information content (AvgIpc) is 3.32. The second kappa shape index (κ2) is 9.29. The molecule has 1 atom stereocenters. The molecule has 1 unspecified atom stereocenters. The van der Waals surface area contributed by atoms with Crippen LogP contribution in [0.3, 0.4) is 0 Å². The van der Waals surface area contributed by atoms with Gasteiger partial charge in [0.2, 0.25) is 0 Å². The van der Waals surface area contributed by atoms with Gasteiger partial charge in [-0.3, -0.25) is 9.59 Å². The van der Waals surface area contributed by atoms with E-state index in [1.165, 1.54) is 13.2 Å². The van der Waals surface area contributed by atoms with Crippen LogP contribution in [0.1, 0.15) is 23.6 Å². The number of aromatic amines is 1. The number of carbonyl (C=O) groups is 2. The fraction of sp³-hybridized carbons (Fsp3) is 0.280. The Hall–Kier alpha value is -3.29. The Labute approximate surface area is 197 Å². The first-order chi connectivity index (χ1) is 15.8. The van der Waals surface area contributed by atoms with Crippen molar-refractivity contribution >= 4 is 40.0 Å². The number of amides is 1. The summed E-state index contributed by atoms with van der Waals surface area (Å²) < 4.78 is 5.19. The van der Waals surface area contributed by atoms with E-state index >= 15 is 0 Å². The highest BCUT2D eigenvalue weighted by Crippen LogP contribution is 2.42. The van der Waals surface area contributed by atoms with Gasteiger partial charge in [0.25, 0.3) is 11.7 Å². The monoisotopic (exact) mass is 467 g/mol.